The molecular formula is C16H9ClF3N5O2S. The maximum Gasteiger partial charge on any atom is 0.417 e. The summed E-state index contributed by atoms with van der Waals surface area (Å²) in [4.78, 5) is 7.35. The number of hydrogen-bond acceptors (Lipinski definition) is 5. The van der Waals surface area contributed by atoms with Crippen LogP contribution in [-0.4, -0.2) is 23.0 Å². The van der Waals surface area contributed by atoms with Gasteiger partial charge in [0.25, 0.3) is 10.0 Å². The summed E-state index contributed by atoms with van der Waals surface area (Å²) in [5, 5.41) is 8.10. The summed E-state index contributed by atoms with van der Waals surface area (Å²) >= 11 is 5.89. The molecule has 2 aromatic heterocycles. The maximum absolute atomic E-state index is 12.8. The molecule has 0 radical (unpaired) electrons. The van der Waals surface area contributed by atoms with Gasteiger partial charge in [0.15, 0.2) is 10.8 Å². The molecule has 3 rings (SSSR count). The molecule has 1 N–H and O–H groups in total. The largest absolute Gasteiger partial charge is 0.417 e. The molecule has 0 saturated heterocycles. The minimum Gasteiger partial charge on any atom is -0.278 e. The molecule has 0 spiro atoms. The van der Waals surface area contributed by atoms with Crippen LogP contribution >= 0.6 is 11.6 Å². The van der Waals surface area contributed by atoms with Crippen molar-refractivity contribution in [2.75, 3.05) is 4.72 Å². The van der Waals surface area contributed by atoms with Crippen LogP contribution in [-0.2, 0) is 16.2 Å². The fourth-order valence-corrected chi connectivity index (χ4v) is 3.65. The van der Waals surface area contributed by atoms with Crippen molar-refractivity contribution >= 4 is 27.3 Å². The quantitative estimate of drug-likeness (QED) is 0.685. The SMILES string of the molecule is N#Cc1cccc(NS(=O)(=O)c2cncn2-c2ncc(C(F)(F)F)cc2Cl)c1. The second-order valence-electron chi connectivity index (χ2n) is 5.43. The number of nitrogens with zero attached hydrogens (tertiary/aromatic N) is 4. The normalized spacial score (nSPS) is 11.8. The Hall–Kier alpha value is -3.10. The first-order valence-electron chi connectivity index (χ1n) is 7.40. The highest BCUT2D eigenvalue weighted by Crippen LogP contribution is 2.32. The third kappa shape index (κ3) is 3.92. The predicted octanol–water partition coefficient (Wildman–Crippen LogP) is 3.61. The zero-order valence-corrected chi connectivity index (χ0v) is 15.2. The minimum absolute atomic E-state index is 0.123. The summed E-state index contributed by atoms with van der Waals surface area (Å²) in [6, 6.07) is 8.26. The molecule has 0 saturated carbocycles. The summed E-state index contributed by atoms with van der Waals surface area (Å²) in [5.74, 6) is -0.238. The Balaban J connectivity index is 2.01. The van der Waals surface area contributed by atoms with Gasteiger partial charge in [-0.2, -0.15) is 26.9 Å². The van der Waals surface area contributed by atoms with E-state index >= 15 is 0 Å². The number of nitrogens with one attached hydrogen (secondary N) is 1. The van der Waals surface area contributed by atoms with Gasteiger partial charge in [0.2, 0.25) is 0 Å². The van der Waals surface area contributed by atoms with Crippen LogP contribution in [0.1, 0.15) is 11.1 Å². The number of halogens is 4. The van der Waals surface area contributed by atoms with Crippen molar-refractivity contribution in [2.45, 2.75) is 11.2 Å². The van der Waals surface area contributed by atoms with Gasteiger partial charge in [-0.1, -0.05) is 17.7 Å². The number of hydrogen-bond donors (Lipinski definition) is 1. The van der Waals surface area contributed by atoms with Gasteiger partial charge < -0.3 is 0 Å². The Morgan fingerprint density at radius 3 is 2.61 bits per heavy atom. The Kier molecular flexibility index (Phi) is 5.01. The molecule has 0 aliphatic carbocycles. The van der Waals surface area contributed by atoms with E-state index in [2.05, 4.69) is 14.7 Å². The van der Waals surface area contributed by atoms with Crippen LogP contribution in [0.15, 0.2) is 54.1 Å². The standard InChI is InChI=1S/C16H9ClF3N5O2S/c17-13-5-11(16(18,19)20)7-23-15(13)25-9-22-8-14(25)28(26,27)24-12-3-1-2-10(4-12)6-21/h1-5,7-9,24H. The van der Waals surface area contributed by atoms with Crippen LogP contribution in [0.5, 0.6) is 0 Å². The van der Waals surface area contributed by atoms with E-state index in [0.717, 1.165) is 17.1 Å². The summed E-state index contributed by atoms with van der Waals surface area (Å²) in [5.41, 5.74) is -0.711. The van der Waals surface area contributed by atoms with E-state index in [0.29, 0.717) is 12.3 Å². The number of sulfonamides is 1. The maximum atomic E-state index is 12.8. The molecule has 7 nitrogen and oxygen atoms in total. The summed E-state index contributed by atoms with van der Waals surface area (Å²) in [7, 11) is -4.21. The van der Waals surface area contributed by atoms with Crippen molar-refractivity contribution in [3.63, 3.8) is 0 Å². The van der Waals surface area contributed by atoms with Crippen molar-refractivity contribution < 1.29 is 21.6 Å². The molecule has 0 amide bonds. The molecule has 12 heteroatoms. The third-order valence-electron chi connectivity index (χ3n) is 3.50. The predicted molar refractivity (Wildman–Crippen MR) is 93.3 cm³/mol. The number of benzene rings is 1. The lowest BCUT2D eigenvalue weighted by atomic mass is 10.2. The van der Waals surface area contributed by atoms with Crippen molar-refractivity contribution in [3.05, 3.63) is 65.2 Å². The number of aromatic nitrogens is 3. The van der Waals surface area contributed by atoms with E-state index in [1.165, 1.54) is 24.3 Å². The van der Waals surface area contributed by atoms with Gasteiger partial charge >= 0.3 is 6.18 Å². The molecule has 2 heterocycles. The number of pyridine rings is 1. The van der Waals surface area contributed by atoms with Gasteiger partial charge in [0.05, 0.1) is 34.1 Å². The average Bonchev–Trinajstić information content (AvgIpc) is 3.11. The molecule has 0 aliphatic heterocycles. The van der Waals surface area contributed by atoms with E-state index in [9.17, 15) is 21.6 Å². The minimum atomic E-state index is -4.65. The molecule has 3 aromatic rings. The molecule has 28 heavy (non-hydrogen) atoms. The third-order valence-corrected chi connectivity index (χ3v) is 5.14. The molecular weight excluding hydrogens is 419 g/mol. The lowest BCUT2D eigenvalue weighted by molar-refractivity contribution is -0.137. The van der Waals surface area contributed by atoms with Gasteiger partial charge in [-0.05, 0) is 24.3 Å². The smallest absolute Gasteiger partial charge is 0.278 e. The Bertz CT molecular complexity index is 1190. The molecule has 144 valence electrons. The van der Waals surface area contributed by atoms with E-state index in [1.807, 2.05) is 6.07 Å². The van der Waals surface area contributed by atoms with Crippen molar-refractivity contribution in [2.24, 2.45) is 0 Å². The van der Waals surface area contributed by atoms with E-state index in [-0.39, 0.29) is 17.1 Å². The van der Waals surface area contributed by atoms with E-state index in [1.54, 1.807) is 0 Å². The highest BCUT2D eigenvalue weighted by Gasteiger charge is 2.32. The summed E-state index contributed by atoms with van der Waals surface area (Å²) in [6.45, 7) is 0. The van der Waals surface area contributed by atoms with Crippen molar-refractivity contribution in [3.8, 4) is 11.9 Å². The monoisotopic (exact) mass is 427 g/mol. The summed E-state index contributed by atoms with van der Waals surface area (Å²) in [6.07, 6.45) is -2.05. The second kappa shape index (κ2) is 7.14. The zero-order chi connectivity index (χ0) is 20.5. The van der Waals surface area contributed by atoms with Crippen LogP contribution in [0.3, 0.4) is 0 Å². The molecule has 0 fully saturated rings. The number of nitriles is 1. The topological polar surface area (TPSA) is 101 Å². The Morgan fingerprint density at radius 1 is 1.21 bits per heavy atom. The highest BCUT2D eigenvalue weighted by atomic mass is 35.5. The molecule has 0 aliphatic rings. The van der Waals surface area contributed by atoms with Crippen LogP contribution < -0.4 is 4.72 Å². The molecule has 0 atom stereocenters. The Labute approximate surface area is 162 Å². The summed E-state index contributed by atoms with van der Waals surface area (Å²) < 4.78 is 66.9. The van der Waals surface area contributed by atoms with Crippen molar-refractivity contribution in [1.82, 2.24) is 14.5 Å². The molecule has 0 bridgehead atoms. The lowest BCUT2D eigenvalue weighted by Gasteiger charge is -2.13. The number of rotatable bonds is 4. The lowest BCUT2D eigenvalue weighted by Crippen LogP contribution is -2.17. The van der Waals surface area contributed by atoms with Gasteiger partial charge in [-0.25, -0.2) is 9.97 Å². The average molecular weight is 428 g/mol. The van der Waals surface area contributed by atoms with E-state index < -0.39 is 31.8 Å². The first-order chi connectivity index (χ1) is 13.1. The molecule has 0 unspecified atom stereocenters. The van der Waals surface area contributed by atoms with Gasteiger partial charge in [-0.3, -0.25) is 9.29 Å². The fraction of sp³-hybridized carbons (Fsp3) is 0.0625. The fourth-order valence-electron chi connectivity index (χ4n) is 2.26. The van der Waals surface area contributed by atoms with Crippen LogP contribution in [0.25, 0.3) is 5.82 Å². The Morgan fingerprint density at radius 2 is 1.96 bits per heavy atom. The van der Waals surface area contributed by atoms with Crippen LogP contribution in [0, 0.1) is 11.3 Å². The van der Waals surface area contributed by atoms with Crippen LogP contribution in [0.2, 0.25) is 5.02 Å². The van der Waals surface area contributed by atoms with Gasteiger partial charge in [0, 0.05) is 6.20 Å². The van der Waals surface area contributed by atoms with Gasteiger partial charge in [0.1, 0.15) is 6.33 Å². The number of anilines is 1. The highest BCUT2D eigenvalue weighted by molar-refractivity contribution is 7.92. The first kappa shape index (κ1) is 19.7. The van der Waals surface area contributed by atoms with E-state index in [4.69, 9.17) is 16.9 Å². The van der Waals surface area contributed by atoms with Crippen LogP contribution in [0.4, 0.5) is 18.9 Å². The molecule has 1 aromatic carbocycles. The number of imidazole rings is 1. The second-order valence-corrected chi connectivity index (χ2v) is 7.46. The van der Waals surface area contributed by atoms with Gasteiger partial charge in [-0.15, -0.1) is 0 Å². The zero-order valence-electron chi connectivity index (χ0n) is 13.6. The van der Waals surface area contributed by atoms with Crippen molar-refractivity contribution in [1.29, 1.82) is 5.26 Å². The first-order valence-corrected chi connectivity index (χ1v) is 9.26. The number of alkyl halides is 3.